The molecule has 4 aromatic rings. The molecule has 3 fully saturated rings. The predicted molar refractivity (Wildman–Crippen MR) is 210 cm³/mol. The maximum Gasteiger partial charge on any atom is 0.410 e. The molecule has 0 aliphatic carbocycles. The van der Waals surface area contributed by atoms with Crippen molar-refractivity contribution in [2.45, 2.75) is 135 Å². The number of carbonyl (C=O) groups is 1. The van der Waals surface area contributed by atoms with Crippen molar-refractivity contribution >= 4 is 51.1 Å². The van der Waals surface area contributed by atoms with Crippen LogP contribution in [0.5, 0.6) is 0 Å². The lowest BCUT2D eigenvalue weighted by molar-refractivity contribution is -0.186. The number of aryl methyl sites for hydroxylation is 1. The van der Waals surface area contributed by atoms with Crippen LogP contribution in [0, 0.1) is 17.1 Å². The first kappa shape index (κ1) is 38.8. The number of nitrogens with one attached hydrogen (secondary N) is 1. The molecule has 2 aromatic heterocycles. The number of nitrogens with zero attached hydrogens (tertiary/aromatic N) is 4. The number of likely N-dealkylation sites (tertiary alicyclic amines) is 1. The van der Waals surface area contributed by atoms with E-state index in [9.17, 15) is 10.1 Å². The first-order chi connectivity index (χ1) is 25.8. The Balaban J connectivity index is 1.52. The highest BCUT2D eigenvalue weighted by atomic mass is 35.5. The van der Waals surface area contributed by atoms with Gasteiger partial charge in [-0.05, 0) is 110 Å². The number of rotatable bonds is 8. The zero-order chi connectivity index (χ0) is 38.5. The van der Waals surface area contributed by atoms with E-state index in [1.54, 1.807) is 18.2 Å². The minimum atomic E-state index is -0.639. The molecule has 5 heterocycles. The van der Waals surface area contributed by atoms with Gasteiger partial charge in [-0.25, -0.2) is 14.2 Å². The molecule has 0 saturated carbocycles. The number of fused-ring (bicyclic) bond motifs is 3. The third-order valence-corrected chi connectivity index (χ3v) is 12.0. The molecule has 7 rings (SSSR count). The molecular formula is C42H50Cl2FN5O4. The van der Waals surface area contributed by atoms with Gasteiger partial charge in [-0.2, -0.15) is 5.26 Å². The van der Waals surface area contributed by atoms with Gasteiger partial charge in [0.05, 0.1) is 39.4 Å². The average Bonchev–Trinajstić information content (AvgIpc) is 3.84. The van der Waals surface area contributed by atoms with Crippen LogP contribution >= 0.6 is 23.2 Å². The fourth-order valence-corrected chi connectivity index (χ4v) is 9.00. The molecule has 3 aliphatic heterocycles. The normalized spacial score (nSPS) is 24.0. The van der Waals surface area contributed by atoms with Crippen molar-refractivity contribution in [2.75, 3.05) is 13.2 Å². The van der Waals surface area contributed by atoms with Crippen LogP contribution in [0.4, 0.5) is 9.18 Å². The zero-order valence-corrected chi connectivity index (χ0v) is 33.5. The summed E-state index contributed by atoms with van der Waals surface area (Å²) >= 11 is 13.2. The van der Waals surface area contributed by atoms with Gasteiger partial charge < -0.3 is 29.0 Å². The Bertz CT molecular complexity index is 2100. The second-order valence-corrected chi connectivity index (χ2v) is 16.9. The maximum atomic E-state index is 17.7. The predicted octanol–water partition coefficient (Wildman–Crippen LogP) is 10.7. The SMILES string of the molecule is CC1CCC(c2cc3c(C(C)OC4CCCCO4)nc4c(F)c(-c5cccc(Cl)c5Cl)c(CCC#N)cc4c3n2C2CCN(C(=O)OC(C)(C)C)[C@@H]2C)N1. The van der Waals surface area contributed by atoms with Gasteiger partial charge in [-0.3, -0.25) is 0 Å². The number of ether oxygens (including phenoxy) is 3. The van der Waals surface area contributed by atoms with Gasteiger partial charge in [-0.1, -0.05) is 35.3 Å². The Hall–Kier alpha value is -3.46. The summed E-state index contributed by atoms with van der Waals surface area (Å²) in [6.07, 6.45) is 4.58. The molecule has 5 unspecified atom stereocenters. The average molecular weight is 779 g/mol. The Kier molecular flexibility index (Phi) is 11.2. The topological polar surface area (TPSA) is 102 Å². The monoisotopic (exact) mass is 777 g/mol. The van der Waals surface area contributed by atoms with Gasteiger partial charge in [0, 0.05) is 59.2 Å². The summed E-state index contributed by atoms with van der Waals surface area (Å²) < 4.78 is 38.4. The number of carbonyl (C=O) groups excluding carboxylic acids is 1. The van der Waals surface area contributed by atoms with Crippen molar-refractivity contribution in [3.8, 4) is 17.2 Å². The molecule has 6 atom stereocenters. The lowest BCUT2D eigenvalue weighted by atomic mass is 9.92. The quantitative estimate of drug-likeness (QED) is 0.190. The maximum absolute atomic E-state index is 17.7. The van der Waals surface area contributed by atoms with E-state index in [-0.39, 0.29) is 46.7 Å². The van der Waals surface area contributed by atoms with Gasteiger partial charge in [0.2, 0.25) is 0 Å². The molecule has 1 N–H and O–H groups in total. The zero-order valence-electron chi connectivity index (χ0n) is 32.0. The van der Waals surface area contributed by atoms with E-state index in [1.807, 2.05) is 38.7 Å². The van der Waals surface area contributed by atoms with Crippen molar-refractivity contribution in [3.63, 3.8) is 0 Å². The third-order valence-electron chi connectivity index (χ3n) is 11.2. The Morgan fingerprint density at radius 1 is 1.15 bits per heavy atom. The number of hydrogen-bond donors (Lipinski definition) is 1. The second-order valence-electron chi connectivity index (χ2n) is 16.1. The van der Waals surface area contributed by atoms with Crippen molar-refractivity contribution in [1.82, 2.24) is 19.8 Å². The van der Waals surface area contributed by atoms with Gasteiger partial charge >= 0.3 is 6.09 Å². The fourth-order valence-electron chi connectivity index (χ4n) is 8.61. The van der Waals surface area contributed by atoms with Crippen molar-refractivity contribution in [2.24, 2.45) is 0 Å². The van der Waals surface area contributed by atoms with Crippen molar-refractivity contribution in [3.05, 3.63) is 63.1 Å². The van der Waals surface area contributed by atoms with E-state index < -0.39 is 23.8 Å². The van der Waals surface area contributed by atoms with Gasteiger partial charge in [-0.15, -0.1) is 0 Å². The Labute approximate surface area is 327 Å². The smallest absolute Gasteiger partial charge is 0.410 e. The largest absolute Gasteiger partial charge is 0.444 e. The molecule has 0 spiro atoms. The number of hydrogen-bond acceptors (Lipinski definition) is 7. The number of aromatic nitrogens is 2. The van der Waals surface area contributed by atoms with Crippen LogP contribution in [0.1, 0.15) is 122 Å². The summed E-state index contributed by atoms with van der Waals surface area (Å²) in [5.74, 6) is -0.536. The molecule has 0 radical (unpaired) electrons. The van der Waals surface area contributed by atoms with E-state index >= 15 is 4.39 Å². The number of amides is 1. The minimum Gasteiger partial charge on any atom is -0.444 e. The molecule has 3 aliphatic rings. The van der Waals surface area contributed by atoms with E-state index in [4.69, 9.17) is 42.4 Å². The summed E-state index contributed by atoms with van der Waals surface area (Å²) in [7, 11) is 0. The number of halogens is 3. The Morgan fingerprint density at radius 2 is 1.94 bits per heavy atom. The number of pyridine rings is 1. The number of nitriles is 1. The fraction of sp³-hybridized carbons (Fsp3) is 0.548. The van der Waals surface area contributed by atoms with Gasteiger partial charge in [0.1, 0.15) is 17.2 Å². The second kappa shape index (κ2) is 15.6. The molecular weight excluding hydrogens is 728 g/mol. The van der Waals surface area contributed by atoms with Crippen LogP contribution in [0.25, 0.3) is 32.9 Å². The molecule has 12 heteroatoms. The summed E-state index contributed by atoms with van der Waals surface area (Å²) in [5.41, 5.74) is 3.40. The summed E-state index contributed by atoms with van der Waals surface area (Å²) in [4.78, 5) is 20.5. The molecule has 1 amide bonds. The van der Waals surface area contributed by atoms with E-state index in [2.05, 4.69) is 35.9 Å². The van der Waals surface area contributed by atoms with E-state index in [1.165, 1.54) is 0 Å². The lowest BCUT2D eigenvalue weighted by Gasteiger charge is -2.30. The highest BCUT2D eigenvalue weighted by Crippen LogP contribution is 2.46. The summed E-state index contributed by atoms with van der Waals surface area (Å²) in [5, 5.41) is 15.5. The first-order valence-corrected chi connectivity index (χ1v) is 20.1. The van der Waals surface area contributed by atoms with Crippen LogP contribution in [0.2, 0.25) is 10.0 Å². The number of benzene rings is 2. The molecule has 54 heavy (non-hydrogen) atoms. The first-order valence-electron chi connectivity index (χ1n) is 19.3. The highest BCUT2D eigenvalue weighted by molar-refractivity contribution is 6.43. The third kappa shape index (κ3) is 7.43. The van der Waals surface area contributed by atoms with Gasteiger partial charge in [0.15, 0.2) is 12.1 Å². The van der Waals surface area contributed by atoms with Crippen LogP contribution in [0.15, 0.2) is 30.3 Å². The van der Waals surface area contributed by atoms with Gasteiger partial charge in [0.25, 0.3) is 0 Å². The molecule has 0 bridgehead atoms. The molecule has 9 nitrogen and oxygen atoms in total. The van der Waals surface area contributed by atoms with Crippen LogP contribution < -0.4 is 5.32 Å². The van der Waals surface area contributed by atoms with Crippen LogP contribution in [0.3, 0.4) is 0 Å². The lowest BCUT2D eigenvalue weighted by Crippen LogP contribution is -2.40. The van der Waals surface area contributed by atoms with Crippen LogP contribution in [-0.2, 0) is 20.6 Å². The summed E-state index contributed by atoms with van der Waals surface area (Å²) in [6, 6.07) is 11.6. The molecule has 288 valence electrons. The highest BCUT2D eigenvalue weighted by Gasteiger charge is 2.41. The van der Waals surface area contributed by atoms with Crippen molar-refractivity contribution in [1.29, 1.82) is 5.26 Å². The minimum absolute atomic E-state index is 0.0309. The van der Waals surface area contributed by atoms with E-state index in [0.29, 0.717) is 59.3 Å². The van der Waals surface area contributed by atoms with E-state index in [0.717, 1.165) is 48.7 Å². The van der Waals surface area contributed by atoms with Crippen LogP contribution in [-0.4, -0.2) is 57.7 Å². The van der Waals surface area contributed by atoms with Crippen molar-refractivity contribution < 1.29 is 23.4 Å². The molecule has 3 saturated heterocycles. The standard InChI is InChI=1S/C42H50Cl2FN5O4/c1-23-15-16-31(47-23)33-22-29-38(25(3)53-34-14-7-8-20-52-34)48-39-28(40(29)50(33)32-17-19-49(24(32)2)41(51)54-42(4,5)6)21-26(11-10-18-46)35(37(39)45)27-12-9-13-30(43)36(27)44/h9,12-13,21-25,31-32,34,47H,7-8,10-11,14-17,19-20H2,1-6H3/t23?,24-,25?,31?,32?,34?/m1/s1. The molecule has 2 aromatic carbocycles. The Morgan fingerprint density at radius 3 is 2.63 bits per heavy atom. The summed E-state index contributed by atoms with van der Waals surface area (Å²) in [6.45, 7) is 13.0.